The normalized spacial score (nSPS) is 10.9. The van der Waals surface area contributed by atoms with Crippen LogP contribution >= 0.6 is 11.6 Å². The quantitative estimate of drug-likeness (QED) is 0.556. The van der Waals surface area contributed by atoms with E-state index in [1.165, 1.54) is 18.2 Å². The number of hydrogen-bond acceptors (Lipinski definition) is 5. The topological polar surface area (TPSA) is 79.8 Å². The Morgan fingerprint density at radius 2 is 1.96 bits per heavy atom. The third kappa shape index (κ3) is 5.30. The zero-order chi connectivity index (χ0) is 18.6. The summed E-state index contributed by atoms with van der Waals surface area (Å²) in [6, 6.07) is 7.97. The number of nitro benzene ring substituents is 1. The predicted octanol–water partition coefficient (Wildman–Crippen LogP) is 3.24. The average molecular weight is 366 g/mol. The van der Waals surface area contributed by atoms with Crippen LogP contribution in [0.1, 0.15) is 17.1 Å². The van der Waals surface area contributed by atoms with Gasteiger partial charge in [-0.15, -0.1) is 0 Å². The second-order valence-corrected chi connectivity index (χ2v) is 6.37. The summed E-state index contributed by atoms with van der Waals surface area (Å²) in [7, 11) is 3.46. The first-order valence-corrected chi connectivity index (χ1v) is 8.04. The van der Waals surface area contributed by atoms with Crippen molar-refractivity contribution in [1.82, 2.24) is 9.80 Å². The van der Waals surface area contributed by atoms with Gasteiger partial charge in [-0.2, -0.15) is 0 Å². The zero-order valence-electron chi connectivity index (χ0n) is 14.4. The van der Waals surface area contributed by atoms with Crippen LogP contribution in [0.15, 0.2) is 34.7 Å². The highest BCUT2D eigenvalue weighted by Crippen LogP contribution is 2.23. The summed E-state index contributed by atoms with van der Waals surface area (Å²) in [5.41, 5.74) is 0.583. The third-order valence-electron chi connectivity index (χ3n) is 3.70. The molecule has 0 fully saturated rings. The van der Waals surface area contributed by atoms with Gasteiger partial charge in [0.2, 0.25) is 5.91 Å². The van der Waals surface area contributed by atoms with E-state index in [2.05, 4.69) is 0 Å². The van der Waals surface area contributed by atoms with Gasteiger partial charge in [-0.25, -0.2) is 0 Å². The van der Waals surface area contributed by atoms with Gasteiger partial charge in [-0.1, -0.05) is 11.6 Å². The van der Waals surface area contributed by atoms with Crippen molar-refractivity contribution in [1.29, 1.82) is 0 Å². The van der Waals surface area contributed by atoms with Crippen molar-refractivity contribution in [2.24, 2.45) is 0 Å². The molecule has 0 N–H and O–H groups in total. The van der Waals surface area contributed by atoms with E-state index >= 15 is 0 Å². The van der Waals surface area contributed by atoms with Crippen LogP contribution in [0.4, 0.5) is 5.69 Å². The molecule has 0 atom stereocenters. The van der Waals surface area contributed by atoms with Gasteiger partial charge in [0.15, 0.2) is 0 Å². The number of furan rings is 1. The molecule has 0 spiro atoms. The van der Waals surface area contributed by atoms with Crippen LogP contribution in [0.2, 0.25) is 5.02 Å². The molecule has 8 heteroatoms. The Hall–Kier alpha value is -2.38. The van der Waals surface area contributed by atoms with Crippen molar-refractivity contribution < 1.29 is 14.1 Å². The molecule has 1 aromatic carbocycles. The number of halogens is 1. The summed E-state index contributed by atoms with van der Waals surface area (Å²) in [5, 5.41) is 11.3. The summed E-state index contributed by atoms with van der Waals surface area (Å²) in [6.07, 6.45) is 0. The number of rotatable bonds is 7. The van der Waals surface area contributed by atoms with E-state index in [-0.39, 0.29) is 18.1 Å². The predicted molar refractivity (Wildman–Crippen MR) is 94.4 cm³/mol. The Balaban J connectivity index is 1.95. The number of aryl methyl sites for hydroxylation is 1. The fourth-order valence-electron chi connectivity index (χ4n) is 2.39. The Morgan fingerprint density at radius 1 is 1.24 bits per heavy atom. The Morgan fingerprint density at radius 3 is 2.56 bits per heavy atom. The molecule has 0 aliphatic rings. The van der Waals surface area contributed by atoms with Crippen molar-refractivity contribution >= 4 is 23.2 Å². The van der Waals surface area contributed by atoms with Crippen molar-refractivity contribution in [2.45, 2.75) is 20.0 Å². The van der Waals surface area contributed by atoms with Crippen molar-refractivity contribution in [3.63, 3.8) is 0 Å². The molecule has 0 saturated heterocycles. The van der Waals surface area contributed by atoms with Gasteiger partial charge >= 0.3 is 0 Å². The third-order valence-corrected chi connectivity index (χ3v) is 4.07. The molecule has 25 heavy (non-hydrogen) atoms. The minimum Gasteiger partial charge on any atom is -0.464 e. The summed E-state index contributed by atoms with van der Waals surface area (Å²) in [5.74, 6) is 1.43. The largest absolute Gasteiger partial charge is 0.464 e. The molecule has 1 aromatic heterocycles. The number of likely N-dealkylation sites (N-methyl/N-ethyl adjacent to an activating group) is 2. The molecule has 1 heterocycles. The highest BCUT2D eigenvalue weighted by atomic mass is 35.5. The summed E-state index contributed by atoms with van der Waals surface area (Å²) in [4.78, 5) is 26.1. The van der Waals surface area contributed by atoms with Crippen LogP contribution in [-0.4, -0.2) is 41.3 Å². The average Bonchev–Trinajstić information content (AvgIpc) is 2.94. The van der Waals surface area contributed by atoms with Crippen molar-refractivity contribution in [2.75, 3.05) is 20.6 Å². The molecule has 0 aliphatic heterocycles. The van der Waals surface area contributed by atoms with Crippen LogP contribution in [0.3, 0.4) is 0 Å². The smallest absolute Gasteiger partial charge is 0.269 e. The molecule has 0 unspecified atom stereocenters. The highest BCUT2D eigenvalue weighted by Gasteiger charge is 2.16. The van der Waals surface area contributed by atoms with Gasteiger partial charge < -0.3 is 9.32 Å². The van der Waals surface area contributed by atoms with E-state index in [9.17, 15) is 14.9 Å². The Bertz CT molecular complexity index is 775. The molecule has 7 nitrogen and oxygen atoms in total. The lowest BCUT2D eigenvalue weighted by Crippen LogP contribution is -2.36. The van der Waals surface area contributed by atoms with E-state index in [0.29, 0.717) is 23.7 Å². The van der Waals surface area contributed by atoms with Crippen LogP contribution in [-0.2, 0) is 17.9 Å². The van der Waals surface area contributed by atoms with E-state index < -0.39 is 4.92 Å². The van der Waals surface area contributed by atoms with Crippen LogP contribution in [0, 0.1) is 17.0 Å². The molecule has 0 aliphatic carbocycles. The number of carbonyl (C=O) groups is 1. The summed E-state index contributed by atoms with van der Waals surface area (Å²) >= 11 is 6.10. The number of non-ortho nitro benzene ring substituents is 1. The number of nitrogens with zero attached hydrogens (tertiary/aromatic N) is 3. The molecule has 0 bridgehead atoms. The number of amides is 1. The summed E-state index contributed by atoms with van der Waals surface area (Å²) < 4.78 is 5.47. The first-order chi connectivity index (χ1) is 11.8. The standard InChI is InChI=1S/C17H20ClN3O4/c1-12-4-6-15(25-12)10-20(3)17(22)11-19(2)9-13-8-14(21(23)24)5-7-16(13)18/h4-8H,9-11H2,1-3H3. The van der Waals surface area contributed by atoms with Gasteiger partial charge in [-0.3, -0.25) is 19.8 Å². The monoisotopic (exact) mass is 365 g/mol. The lowest BCUT2D eigenvalue weighted by molar-refractivity contribution is -0.384. The molecule has 134 valence electrons. The Kier molecular flexibility index (Phi) is 6.17. The lowest BCUT2D eigenvalue weighted by atomic mass is 10.2. The maximum atomic E-state index is 12.3. The van der Waals surface area contributed by atoms with E-state index in [4.69, 9.17) is 16.0 Å². The highest BCUT2D eigenvalue weighted by molar-refractivity contribution is 6.31. The lowest BCUT2D eigenvalue weighted by Gasteiger charge is -2.21. The van der Waals surface area contributed by atoms with Crippen LogP contribution < -0.4 is 0 Å². The maximum Gasteiger partial charge on any atom is 0.269 e. The van der Waals surface area contributed by atoms with E-state index in [1.807, 2.05) is 19.1 Å². The van der Waals surface area contributed by atoms with Crippen LogP contribution in [0.25, 0.3) is 0 Å². The van der Waals surface area contributed by atoms with E-state index in [1.54, 1.807) is 23.9 Å². The molecule has 2 aromatic rings. The number of nitro groups is 1. The molecule has 1 amide bonds. The second-order valence-electron chi connectivity index (χ2n) is 5.97. The van der Waals surface area contributed by atoms with Gasteiger partial charge in [0.1, 0.15) is 11.5 Å². The summed E-state index contributed by atoms with van der Waals surface area (Å²) in [6.45, 7) is 2.73. The molecule has 0 radical (unpaired) electrons. The number of hydrogen-bond donors (Lipinski definition) is 0. The van der Waals surface area contributed by atoms with E-state index in [0.717, 1.165) is 11.5 Å². The maximum absolute atomic E-state index is 12.3. The first-order valence-electron chi connectivity index (χ1n) is 7.67. The molecular weight excluding hydrogens is 346 g/mol. The molecule has 0 saturated carbocycles. The van der Waals surface area contributed by atoms with Crippen LogP contribution in [0.5, 0.6) is 0 Å². The van der Waals surface area contributed by atoms with Crippen molar-refractivity contribution in [3.8, 4) is 0 Å². The van der Waals surface area contributed by atoms with Gasteiger partial charge in [0.25, 0.3) is 5.69 Å². The van der Waals surface area contributed by atoms with Gasteiger partial charge in [0, 0.05) is 30.7 Å². The number of benzene rings is 1. The molecule has 2 rings (SSSR count). The number of carbonyl (C=O) groups excluding carboxylic acids is 1. The zero-order valence-corrected chi connectivity index (χ0v) is 15.1. The molecular formula is C17H20ClN3O4. The SMILES string of the molecule is Cc1ccc(CN(C)C(=O)CN(C)Cc2cc([N+](=O)[O-])ccc2Cl)o1. The Labute approximate surface area is 150 Å². The minimum atomic E-state index is -0.468. The van der Waals surface area contributed by atoms with Crippen molar-refractivity contribution in [3.05, 3.63) is 62.6 Å². The minimum absolute atomic E-state index is 0.0237. The van der Waals surface area contributed by atoms with Gasteiger partial charge in [-0.05, 0) is 37.7 Å². The fraction of sp³-hybridized carbons (Fsp3) is 0.353. The van der Waals surface area contributed by atoms with Gasteiger partial charge in [0.05, 0.1) is 18.0 Å². The first kappa shape index (κ1) is 19.0. The second kappa shape index (κ2) is 8.13. The fourth-order valence-corrected chi connectivity index (χ4v) is 2.56.